The highest BCUT2D eigenvalue weighted by Gasteiger charge is 2.31. The minimum absolute atomic E-state index is 0.0267. The van der Waals surface area contributed by atoms with Crippen LogP contribution in [0.15, 0.2) is 34.9 Å². The molecule has 0 amide bonds. The summed E-state index contributed by atoms with van der Waals surface area (Å²) in [6.07, 6.45) is -4.30. The van der Waals surface area contributed by atoms with E-state index in [1.807, 2.05) is 11.0 Å². The third-order valence-corrected chi connectivity index (χ3v) is 5.14. The van der Waals surface area contributed by atoms with Crippen LogP contribution in [-0.2, 0) is 18.1 Å². The average molecular weight is 410 g/mol. The van der Waals surface area contributed by atoms with Crippen molar-refractivity contribution in [2.24, 2.45) is 0 Å². The first-order valence-corrected chi connectivity index (χ1v) is 9.94. The molecule has 0 atom stereocenters. The van der Waals surface area contributed by atoms with Crippen LogP contribution in [-0.4, -0.2) is 49.3 Å². The van der Waals surface area contributed by atoms with E-state index in [1.54, 1.807) is 6.07 Å². The summed E-state index contributed by atoms with van der Waals surface area (Å²) in [6, 6.07) is 7.56. The van der Waals surface area contributed by atoms with E-state index in [0.29, 0.717) is 12.2 Å². The molecule has 5 nitrogen and oxygen atoms in total. The molecule has 0 unspecified atom stereocenters. The highest BCUT2D eigenvalue weighted by atomic mass is 19.4. The van der Waals surface area contributed by atoms with Gasteiger partial charge in [-0.1, -0.05) is 32.0 Å². The summed E-state index contributed by atoms with van der Waals surface area (Å²) in [4.78, 5) is 4.33. The number of hydrogen-bond donors (Lipinski definition) is 1. The molecule has 0 radical (unpaired) electrons. The highest BCUT2D eigenvalue weighted by Crippen LogP contribution is 2.31. The van der Waals surface area contributed by atoms with Gasteiger partial charge in [0.2, 0.25) is 0 Å². The second kappa shape index (κ2) is 8.75. The molecule has 1 aliphatic rings. The van der Waals surface area contributed by atoms with Crippen molar-refractivity contribution in [3.05, 3.63) is 47.3 Å². The predicted octanol–water partition coefficient (Wildman–Crippen LogP) is 3.90. The second-order valence-electron chi connectivity index (χ2n) is 8.48. The maximum atomic E-state index is 12.9. The van der Waals surface area contributed by atoms with Crippen molar-refractivity contribution in [1.82, 2.24) is 15.4 Å². The normalized spacial score (nSPS) is 16.4. The molecule has 0 saturated carbocycles. The summed E-state index contributed by atoms with van der Waals surface area (Å²) < 4.78 is 44.1. The summed E-state index contributed by atoms with van der Waals surface area (Å²) in [7, 11) is 0. The van der Waals surface area contributed by atoms with E-state index in [1.165, 1.54) is 12.1 Å². The zero-order valence-electron chi connectivity index (χ0n) is 17.2. The molecule has 8 heteroatoms. The van der Waals surface area contributed by atoms with Gasteiger partial charge in [0.25, 0.3) is 0 Å². The van der Waals surface area contributed by atoms with Crippen LogP contribution < -0.4 is 10.2 Å². The molecule has 1 saturated heterocycles. The molecule has 1 aromatic carbocycles. The van der Waals surface area contributed by atoms with Gasteiger partial charge in [-0.3, -0.25) is 4.90 Å². The lowest BCUT2D eigenvalue weighted by molar-refractivity contribution is -0.137. The third kappa shape index (κ3) is 5.96. The van der Waals surface area contributed by atoms with Crippen molar-refractivity contribution in [2.45, 2.75) is 38.9 Å². The average Bonchev–Trinajstić information content (AvgIpc) is 3.15. The van der Waals surface area contributed by atoms with Crippen molar-refractivity contribution >= 4 is 5.69 Å². The molecule has 1 fully saturated rings. The Bertz CT molecular complexity index is 790. The molecule has 0 aliphatic carbocycles. The number of rotatable bonds is 6. The van der Waals surface area contributed by atoms with Gasteiger partial charge >= 0.3 is 6.18 Å². The van der Waals surface area contributed by atoms with Gasteiger partial charge in [-0.15, -0.1) is 0 Å². The Kier molecular flexibility index (Phi) is 6.53. The van der Waals surface area contributed by atoms with Crippen molar-refractivity contribution in [3.8, 4) is 0 Å². The summed E-state index contributed by atoms with van der Waals surface area (Å²) in [5, 5.41) is 7.48. The number of nitrogens with one attached hydrogen (secondary N) is 1. The molecule has 1 aliphatic heterocycles. The molecule has 1 aromatic heterocycles. The quantitative estimate of drug-likeness (QED) is 0.732. The van der Waals surface area contributed by atoms with Crippen molar-refractivity contribution < 1.29 is 17.7 Å². The molecule has 0 spiro atoms. The Labute approximate surface area is 169 Å². The number of anilines is 1. The molecule has 2 heterocycles. The van der Waals surface area contributed by atoms with E-state index in [0.717, 1.165) is 56.8 Å². The Hall–Kier alpha value is -2.06. The Balaban J connectivity index is 1.40. The first-order valence-electron chi connectivity index (χ1n) is 9.94. The van der Waals surface area contributed by atoms with Gasteiger partial charge in [-0.2, -0.15) is 13.2 Å². The van der Waals surface area contributed by atoms with Gasteiger partial charge in [0.1, 0.15) is 0 Å². The lowest BCUT2D eigenvalue weighted by Crippen LogP contribution is -2.48. The summed E-state index contributed by atoms with van der Waals surface area (Å²) in [5.74, 6) is 0.823. The largest absolute Gasteiger partial charge is 0.416 e. The third-order valence-electron chi connectivity index (χ3n) is 5.14. The van der Waals surface area contributed by atoms with E-state index in [9.17, 15) is 13.2 Å². The maximum absolute atomic E-state index is 12.9. The number of alkyl halides is 3. The van der Waals surface area contributed by atoms with Gasteiger partial charge in [0, 0.05) is 56.4 Å². The molecule has 0 bridgehead atoms. The number of aromatic nitrogens is 1. The lowest BCUT2D eigenvalue weighted by atomic mass is 9.92. The standard InChI is InChI=1S/C21H29F3N4O/c1-20(2,3)19-14-18(29-26-19)15-25-7-8-27-9-11-28(12-10-27)17-6-4-5-16(13-17)21(22,23)24/h4-6,13-14,25H,7-12,15H2,1-3H3. The monoisotopic (exact) mass is 410 g/mol. The van der Waals surface area contributed by atoms with Gasteiger partial charge in [0.05, 0.1) is 17.8 Å². The summed E-state index contributed by atoms with van der Waals surface area (Å²) in [5.41, 5.74) is 0.961. The number of piperazine rings is 1. The number of nitrogens with zero attached hydrogens (tertiary/aromatic N) is 3. The van der Waals surface area contributed by atoms with Crippen LogP contribution in [0.2, 0.25) is 0 Å². The van der Waals surface area contributed by atoms with Crippen LogP contribution in [0.3, 0.4) is 0 Å². The Morgan fingerprint density at radius 2 is 1.79 bits per heavy atom. The summed E-state index contributed by atoms with van der Waals surface area (Å²) >= 11 is 0. The van der Waals surface area contributed by atoms with E-state index in [2.05, 4.69) is 36.1 Å². The second-order valence-corrected chi connectivity index (χ2v) is 8.48. The fourth-order valence-corrected chi connectivity index (χ4v) is 3.31. The van der Waals surface area contributed by atoms with Gasteiger partial charge in [-0.05, 0) is 18.2 Å². The van der Waals surface area contributed by atoms with Gasteiger partial charge < -0.3 is 14.7 Å². The SMILES string of the molecule is CC(C)(C)c1cc(CNCCN2CCN(c3cccc(C(F)(F)F)c3)CC2)on1. The van der Waals surface area contributed by atoms with E-state index < -0.39 is 11.7 Å². The Morgan fingerprint density at radius 3 is 2.41 bits per heavy atom. The van der Waals surface area contributed by atoms with Crippen molar-refractivity contribution in [2.75, 3.05) is 44.2 Å². The van der Waals surface area contributed by atoms with Crippen LogP contribution in [0.25, 0.3) is 0 Å². The molecule has 2 aromatic rings. The van der Waals surface area contributed by atoms with Gasteiger partial charge in [0.15, 0.2) is 5.76 Å². The van der Waals surface area contributed by atoms with Gasteiger partial charge in [-0.25, -0.2) is 0 Å². The zero-order chi connectivity index (χ0) is 21.1. The maximum Gasteiger partial charge on any atom is 0.416 e. The van der Waals surface area contributed by atoms with Crippen molar-refractivity contribution in [3.63, 3.8) is 0 Å². The van der Waals surface area contributed by atoms with Crippen LogP contribution >= 0.6 is 0 Å². The van der Waals surface area contributed by atoms with E-state index in [-0.39, 0.29) is 5.41 Å². The fourth-order valence-electron chi connectivity index (χ4n) is 3.31. The minimum Gasteiger partial charge on any atom is -0.369 e. The topological polar surface area (TPSA) is 44.5 Å². The molecule has 160 valence electrons. The zero-order valence-corrected chi connectivity index (χ0v) is 17.2. The number of hydrogen-bond acceptors (Lipinski definition) is 5. The minimum atomic E-state index is -4.30. The number of benzene rings is 1. The highest BCUT2D eigenvalue weighted by molar-refractivity contribution is 5.49. The van der Waals surface area contributed by atoms with E-state index >= 15 is 0 Å². The first kappa shape index (κ1) is 21.6. The van der Waals surface area contributed by atoms with Crippen LogP contribution in [0.4, 0.5) is 18.9 Å². The fraction of sp³-hybridized carbons (Fsp3) is 0.571. The van der Waals surface area contributed by atoms with E-state index in [4.69, 9.17) is 4.52 Å². The summed E-state index contributed by atoms with van der Waals surface area (Å²) in [6.45, 7) is 11.7. The van der Waals surface area contributed by atoms with Crippen LogP contribution in [0.1, 0.15) is 37.8 Å². The van der Waals surface area contributed by atoms with Crippen LogP contribution in [0, 0.1) is 0 Å². The molecule has 29 heavy (non-hydrogen) atoms. The molecular weight excluding hydrogens is 381 g/mol. The molecule has 1 N–H and O–H groups in total. The predicted molar refractivity (Wildman–Crippen MR) is 107 cm³/mol. The van der Waals surface area contributed by atoms with Crippen LogP contribution in [0.5, 0.6) is 0 Å². The lowest BCUT2D eigenvalue weighted by Gasteiger charge is -2.36. The van der Waals surface area contributed by atoms with Crippen molar-refractivity contribution in [1.29, 1.82) is 0 Å². The smallest absolute Gasteiger partial charge is 0.369 e. The molecule has 3 rings (SSSR count). The first-order chi connectivity index (χ1) is 13.6. The molecular formula is C21H29F3N4O. The number of halogens is 3. The Morgan fingerprint density at radius 1 is 1.07 bits per heavy atom.